The smallest absolute Gasteiger partial charge is 0.317 e. The molecule has 2 fully saturated rings. The van der Waals surface area contributed by atoms with E-state index in [2.05, 4.69) is 26.1 Å². The molecule has 0 aromatic carbocycles. The van der Waals surface area contributed by atoms with Crippen LogP contribution in [0.5, 0.6) is 0 Å². The van der Waals surface area contributed by atoms with Crippen molar-refractivity contribution >= 4 is 17.8 Å². The third kappa shape index (κ3) is 4.98. The van der Waals surface area contributed by atoms with Crippen LogP contribution in [0, 0.1) is 23.2 Å². The van der Waals surface area contributed by atoms with Gasteiger partial charge in [-0.1, -0.05) is 34.6 Å². The zero-order chi connectivity index (χ0) is 19.5. The lowest BCUT2D eigenvalue weighted by Gasteiger charge is -2.38. The van der Waals surface area contributed by atoms with Gasteiger partial charge in [0.2, 0.25) is 11.8 Å². The quantitative estimate of drug-likeness (QED) is 0.602. The number of urea groups is 1. The summed E-state index contributed by atoms with van der Waals surface area (Å²) in [4.78, 5) is 39.8. The number of hydrogen-bond donors (Lipinski definition) is 1. The van der Waals surface area contributed by atoms with Gasteiger partial charge in [-0.2, -0.15) is 0 Å². The summed E-state index contributed by atoms with van der Waals surface area (Å²) in [5.41, 5.74) is 0.297. The molecule has 26 heavy (non-hydrogen) atoms. The summed E-state index contributed by atoms with van der Waals surface area (Å²) in [6, 6.07) is -0.0310. The van der Waals surface area contributed by atoms with Gasteiger partial charge in [0, 0.05) is 38.5 Å². The molecular formula is C20H35N3O3. The Balaban J connectivity index is 1.68. The fourth-order valence-corrected chi connectivity index (χ4v) is 3.96. The van der Waals surface area contributed by atoms with Crippen molar-refractivity contribution in [3.8, 4) is 0 Å². The van der Waals surface area contributed by atoms with E-state index in [0.717, 1.165) is 25.9 Å². The van der Waals surface area contributed by atoms with Crippen LogP contribution in [-0.2, 0) is 9.59 Å². The average molecular weight is 366 g/mol. The van der Waals surface area contributed by atoms with Crippen molar-refractivity contribution in [3.05, 3.63) is 0 Å². The van der Waals surface area contributed by atoms with Crippen molar-refractivity contribution in [2.24, 2.45) is 23.2 Å². The number of hydrogen-bond acceptors (Lipinski definition) is 3. The van der Waals surface area contributed by atoms with Gasteiger partial charge in [0.05, 0.1) is 0 Å². The highest BCUT2D eigenvalue weighted by Crippen LogP contribution is 2.34. The minimum atomic E-state index is -0.179. The molecule has 0 saturated carbocycles. The second-order valence-electron chi connectivity index (χ2n) is 9.15. The van der Waals surface area contributed by atoms with E-state index in [9.17, 15) is 14.4 Å². The Labute approximate surface area is 157 Å². The molecule has 2 aliphatic rings. The second-order valence-corrected chi connectivity index (χ2v) is 9.15. The van der Waals surface area contributed by atoms with E-state index in [0.29, 0.717) is 37.3 Å². The van der Waals surface area contributed by atoms with Gasteiger partial charge in [0.25, 0.3) is 0 Å². The van der Waals surface area contributed by atoms with Gasteiger partial charge in [0.15, 0.2) is 0 Å². The van der Waals surface area contributed by atoms with E-state index in [1.807, 2.05) is 18.7 Å². The summed E-state index contributed by atoms with van der Waals surface area (Å²) in [5, 5.41) is 2.93. The van der Waals surface area contributed by atoms with Crippen LogP contribution in [0.4, 0.5) is 4.79 Å². The van der Waals surface area contributed by atoms with Crippen LogP contribution >= 0.6 is 0 Å². The Bertz CT molecular complexity index is 531. The standard InChI is InChI=1S/C20H35N3O3/c1-14(2)16-13-17(24)23(18(16)25)10-6-9-21-19(26)22-11-7-15(8-12-22)20(3,4)5/h14-16H,6-13H2,1-5H3,(H,21,26). The molecule has 1 unspecified atom stereocenters. The molecular weight excluding hydrogens is 330 g/mol. The predicted octanol–water partition coefficient (Wildman–Crippen LogP) is 2.88. The maximum Gasteiger partial charge on any atom is 0.317 e. The first-order valence-corrected chi connectivity index (χ1v) is 9.98. The van der Waals surface area contributed by atoms with Gasteiger partial charge in [-0.15, -0.1) is 0 Å². The maximum absolute atomic E-state index is 12.3. The molecule has 2 rings (SSSR count). The molecule has 0 radical (unpaired) electrons. The molecule has 2 saturated heterocycles. The lowest BCUT2D eigenvalue weighted by Crippen LogP contribution is -2.46. The average Bonchev–Trinajstić information content (AvgIpc) is 2.85. The molecule has 0 aromatic heterocycles. The molecule has 0 spiro atoms. The fraction of sp³-hybridized carbons (Fsp3) is 0.850. The van der Waals surface area contributed by atoms with Crippen LogP contribution in [0.3, 0.4) is 0 Å². The van der Waals surface area contributed by atoms with Crippen LogP contribution in [0.2, 0.25) is 0 Å². The molecule has 2 heterocycles. The molecule has 6 nitrogen and oxygen atoms in total. The summed E-state index contributed by atoms with van der Waals surface area (Å²) in [7, 11) is 0. The Morgan fingerprint density at radius 1 is 1.19 bits per heavy atom. The normalized spacial score (nSPS) is 22.5. The Morgan fingerprint density at radius 3 is 2.31 bits per heavy atom. The molecule has 4 amide bonds. The maximum atomic E-state index is 12.3. The molecule has 0 aliphatic carbocycles. The van der Waals surface area contributed by atoms with Gasteiger partial charge in [-0.05, 0) is 36.5 Å². The predicted molar refractivity (Wildman–Crippen MR) is 101 cm³/mol. The highest BCUT2D eigenvalue weighted by Gasteiger charge is 2.39. The lowest BCUT2D eigenvalue weighted by molar-refractivity contribution is -0.139. The molecule has 0 aromatic rings. The Morgan fingerprint density at radius 2 is 1.81 bits per heavy atom. The number of imide groups is 1. The van der Waals surface area contributed by atoms with E-state index >= 15 is 0 Å². The van der Waals surface area contributed by atoms with Crippen LogP contribution < -0.4 is 5.32 Å². The van der Waals surface area contributed by atoms with Gasteiger partial charge in [-0.3, -0.25) is 14.5 Å². The molecule has 2 aliphatic heterocycles. The molecule has 148 valence electrons. The van der Waals surface area contributed by atoms with Crippen molar-refractivity contribution in [1.29, 1.82) is 0 Å². The van der Waals surface area contributed by atoms with Gasteiger partial charge in [-0.25, -0.2) is 4.79 Å². The zero-order valence-electron chi connectivity index (χ0n) is 17.0. The summed E-state index contributed by atoms with van der Waals surface area (Å²) in [5.74, 6) is 0.533. The summed E-state index contributed by atoms with van der Waals surface area (Å²) < 4.78 is 0. The SMILES string of the molecule is CC(C)C1CC(=O)N(CCCNC(=O)N2CCC(C(C)(C)C)CC2)C1=O. The van der Waals surface area contributed by atoms with Crippen LogP contribution in [-0.4, -0.2) is 53.8 Å². The number of rotatable bonds is 5. The number of nitrogens with zero attached hydrogens (tertiary/aromatic N) is 2. The van der Waals surface area contributed by atoms with Gasteiger partial charge in [0.1, 0.15) is 0 Å². The highest BCUT2D eigenvalue weighted by atomic mass is 16.2. The first-order chi connectivity index (χ1) is 12.1. The minimum absolute atomic E-state index is 0.0310. The summed E-state index contributed by atoms with van der Waals surface area (Å²) in [6.07, 6.45) is 3.02. The fourth-order valence-electron chi connectivity index (χ4n) is 3.96. The number of amides is 4. The zero-order valence-corrected chi connectivity index (χ0v) is 17.0. The molecule has 1 N–H and O–H groups in total. The van der Waals surface area contributed by atoms with Crippen molar-refractivity contribution in [2.45, 2.75) is 60.3 Å². The topological polar surface area (TPSA) is 69.7 Å². The third-order valence-corrected chi connectivity index (χ3v) is 5.93. The largest absolute Gasteiger partial charge is 0.338 e. The van der Waals surface area contributed by atoms with Crippen molar-refractivity contribution in [3.63, 3.8) is 0 Å². The van der Waals surface area contributed by atoms with E-state index in [4.69, 9.17) is 0 Å². The van der Waals surface area contributed by atoms with Crippen molar-refractivity contribution < 1.29 is 14.4 Å². The molecule has 1 atom stereocenters. The first-order valence-electron chi connectivity index (χ1n) is 9.98. The van der Waals surface area contributed by atoms with Crippen molar-refractivity contribution in [1.82, 2.24) is 15.1 Å². The third-order valence-electron chi connectivity index (χ3n) is 5.93. The number of likely N-dealkylation sites (tertiary alicyclic amines) is 2. The summed E-state index contributed by atoms with van der Waals surface area (Å²) >= 11 is 0. The van der Waals surface area contributed by atoms with Crippen LogP contribution in [0.25, 0.3) is 0 Å². The van der Waals surface area contributed by atoms with E-state index in [1.54, 1.807) is 0 Å². The summed E-state index contributed by atoms with van der Waals surface area (Å²) in [6.45, 7) is 13.2. The first kappa shape index (κ1) is 20.7. The number of carbonyl (C=O) groups is 3. The van der Waals surface area contributed by atoms with Gasteiger partial charge >= 0.3 is 6.03 Å². The van der Waals surface area contributed by atoms with E-state index in [1.165, 1.54) is 4.90 Å². The lowest BCUT2D eigenvalue weighted by atomic mass is 9.75. The van der Waals surface area contributed by atoms with E-state index < -0.39 is 0 Å². The second kappa shape index (κ2) is 8.40. The van der Waals surface area contributed by atoms with Crippen molar-refractivity contribution in [2.75, 3.05) is 26.2 Å². The highest BCUT2D eigenvalue weighted by molar-refractivity contribution is 6.03. The Kier molecular flexibility index (Phi) is 6.69. The Hall–Kier alpha value is -1.59. The van der Waals surface area contributed by atoms with Gasteiger partial charge < -0.3 is 10.2 Å². The van der Waals surface area contributed by atoms with Crippen LogP contribution in [0.15, 0.2) is 0 Å². The number of piperidine rings is 1. The van der Waals surface area contributed by atoms with Crippen LogP contribution in [0.1, 0.15) is 60.3 Å². The molecule has 6 heteroatoms. The monoisotopic (exact) mass is 365 g/mol. The minimum Gasteiger partial charge on any atom is -0.338 e. The molecule has 0 bridgehead atoms. The number of carbonyl (C=O) groups excluding carboxylic acids is 3. The number of nitrogens with one attached hydrogen (secondary N) is 1. The van der Waals surface area contributed by atoms with E-state index in [-0.39, 0.29) is 29.7 Å².